The second kappa shape index (κ2) is 9.03. The Kier molecular flexibility index (Phi) is 5.58. The van der Waals surface area contributed by atoms with Crippen LogP contribution in [0.4, 0.5) is 17.6 Å². The van der Waals surface area contributed by atoms with Gasteiger partial charge in [0.2, 0.25) is 0 Å². The average molecular weight is 539 g/mol. The Balaban J connectivity index is 1.89. The number of piperidine rings is 1. The lowest BCUT2D eigenvalue weighted by Gasteiger charge is -2.36. The lowest BCUT2D eigenvalue weighted by molar-refractivity contribution is -0.178. The van der Waals surface area contributed by atoms with Gasteiger partial charge in [-0.25, -0.2) is 27.3 Å². The molecule has 3 aromatic rings. The molecule has 2 heterocycles. The topological polar surface area (TPSA) is 50.2 Å². The van der Waals surface area contributed by atoms with Crippen molar-refractivity contribution in [1.82, 2.24) is 20.2 Å². The third-order valence-corrected chi connectivity index (χ3v) is 5.77. The maximum Gasteiger partial charge on any atom is 0.286 e. The van der Waals surface area contributed by atoms with Gasteiger partial charge in [-0.15, -0.1) is 0 Å². The summed E-state index contributed by atoms with van der Waals surface area (Å²) in [6, 6.07) is 10.2. The third kappa shape index (κ3) is 5.17. The standard InChI is InChI=1S/C22H17Cl3F4N4O/c1-12-18(20(34)31-32-10-21(26,27)9-22(28,29)11-32)30-33(17-7-6-15(24)8-16(17)25)19(12)13-2-4-14(23)5-3-13/h2-8H,9-11H2,1H3,(H,31,34)/i1D3. The van der Waals surface area contributed by atoms with E-state index in [1.54, 1.807) is 0 Å². The highest BCUT2D eigenvalue weighted by Crippen LogP contribution is 2.36. The van der Waals surface area contributed by atoms with Crippen molar-refractivity contribution in [2.24, 2.45) is 0 Å². The molecule has 1 amide bonds. The summed E-state index contributed by atoms with van der Waals surface area (Å²) in [5, 5.41) is 5.19. The molecule has 1 aliphatic heterocycles. The van der Waals surface area contributed by atoms with Crippen LogP contribution in [0.25, 0.3) is 16.9 Å². The van der Waals surface area contributed by atoms with Crippen molar-refractivity contribution < 1.29 is 26.5 Å². The first kappa shape index (κ1) is 21.0. The van der Waals surface area contributed by atoms with Gasteiger partial charge in [-0.2, -0.15) is 5.10 Å². The highest BCUT2D eigenvalue weighted by atomic mass is 35.5. The number of carbonyl (C=O) groups excluding carboxylic acids is 1. The van der Waals surface area contributed by atoms with Crippen molar-refractivity contribution in [2.75, 3.05) is 13.1 Å². The van der Waals surface area contributed by atoms with E-state index in [1.165, 1.54) is 42.5 Å². The number of benzene rings is 2. The molecule has 1 aliphatic rings. The molecule has 0 aliphatic carbocycles. The highest BCUT2D eigenvalue weighted by Gasteiger charge is 2.50. The quantitative estimate of drug-likeness (QED) is 0.390. The van der Waals surface area contributed by atoms with E-state index in [2.05, 4.69) is 5.10 Å². The van der Waals surface area contributed by atoms with Gasteiger partial charge in [-0.1, -0.05) is 46.9 Å². The molecule has 0 saturated carbocycles. The number of hydrogen-bond acceptors (Lipinski definition) is 3. The minimum atomic E-state index is -3.79. The number of alkyl halides is 4. The molecule has 12 heteroatoms. The monoisotopic (exact) mass is 537 g/mol. The molecule has 0 radical (unpaired) electrons. The fourth-order valence-electron chi connectivity index (χ4n) is 3.66. The molecule has 0 bridgehead atoms. The Labute approximate surface area is 211 Å². The van der Waals surface area contributed by atoms with Crippen LogP contribution in [-0.4, -0.2) is 45.6 Å². The summed E-state index contributed by atoms with van der Waals surface area (Å²) >= 11 is 18.3. The Morgan fingerprint density at radius 2 is 1.65 bits per heavy atom. The fourth-order valence-corrected chi connectivity index (χ4v) is 4.27. The zero-order chi connectivity index (χ0) is 27.3. The van der Waals surface area contributed by atoms with Crippen LogP contribution in [0.5, 0.6) is 0 Å². The number of halogens is 7. The SMILES string of the molecule is [2H]C([2H])([2H])c1c(C(=O)NN2CC(F)(F)CC(F)(F)C2)nn(-c2ccc(Cl)cc2Cl)c1-c1ccc(Cl)cc1. The van der Waals surface area contributed by atoms with Crippen LogP contribution in [0.15, 0.2) is 42.5 Å². The van der Waals surface area contributed by atoms with E-state index in [-0.39, 0.29) is 27.0 Å². The van der Waals surface area contributed by atoms with Gasteiger partial charge >= 0.3 is 0 Å². The van der Waals surface area contributed by atoms with Crippen molar-refractivity contribution in [3.8, 4) is 16.9 Å². The Bertz CT molecular complexity index is 1330. The number of aromatic nitrogens is 2. The molecule has 1 aromatic heterocycles. The smallest absolute Gasteiger partial charge is 0.283 e. The molecule has 0 spiro atoms. The maximum absolute atomic E-state index is 13.9. The Hall–Kier alpha value is -2.33. The predicted octanol–water partition coefficient (Wildman–Crippen LogP) is 6.43. The zero-order valence-corrected chi connectivity index (χ0v) is 19.3. The number of amides is 1. The number of rotatable bonds is 4. The van der Waals surface area contributed by atoms with Gasteiger partial charge in [-0.05, 0) is 37.2 Å². The first-order chi connectivity index (χ1) is 17.1. The molecule has 2 aromatic carbocycles. The molecule has 4 rings (SSSR count). The zero-order valence-electron chi connectivity index (χ0n) is 20.1. The number of carbonyl (C=O) groups is 1. The molecule has 34 heavy (non-hydrogen) atoms. The van der Waals surface area contributed by atoms with Gasteiger partial charge in [0.25, 0.3) is 17.8 Å². The van der Waals surface area contributed by atoms with E-state index in [4.69, 9.17) is 38.9 Å². The van der Waals surface area contributed by atoms with E-state index < -0.39 is 55.4 Å². The Morgan fingerprint density at radius 1 is 1.03 bits per heavy atom. The van der Waals surface area contributed by atoms with Gasteiger partial charge < -0.3 is 0 Å². The molecule has 0 unspecified atom stereocenters. The summed E-state index contributed by atoms with van der Waals surface area (Å²) in [7, 11) is 0. The minimum absolute atomic E-state index is 0.0598. The predicted molar refractivity (Wildman–Crippen MR) is 122 cm³/mol. The summed E-state index contributed by atoms with van der Waals surface area (Å²) in [4.78, 5) is 13.2. The molecule has 0 atom stereocenters. The molecule has 180 valence electrons. The first-order valence-electron chi connectivity index (χ1n) is 11.2. The van der Waals surface area contributed by atoms with Crippen molar-refractivity contribution in [3.05, 3.63) is 68.8 Å². The van der Waals surface area contributed by atoms with Crippen LogP contribution in [0.2, 0.25) is 15.1 Å². The summed E-state index contributed by atoms with van der Waals surface area (Å²) in [6.07, 6.45) is -1.67. The lowest BCUT2D eigenvalue weighted by Crippen LogP contribution is -2.58. The number of nitrogens with one attached hydrogen (secondary N) is 1. The van der Waals surface area contributed by atoms with E-state index in [0.29, 0.717) is 10.0 Å². The third-order valence-electron chi connectivity index (χ3n) is 4.98. The van der Waals surface area contributed by atoms with E-state index in [0.717, 1.165) is 4.68 Å². The lowest BCUT2D eigenvalue weighted by atomic mass is 10.1. The van der Waals surface area contributed by atoms with Crippen LogP contribution in [0, 0.1) is 6.85 Å². The van der Waals surface area contributed by atoms with E-state index in [1.807, 2.05) is 5.43 Å². The Morgan fingerprint density at radius 3 is 2.24 bits per heavy atom. The highest BCUT2D eigenvalue weighted by molar-refractivity contribution is 6.35. The first-order valence-corrected chi connectivity index (χ1v) is 10.9. The molecule has 5 nitrogen and oxygen atoms in total. The van der Waals surface area contributed by atoms with Crippen molar-refractivity contribution in [1.29, 1.82) is 0 Å². The van der Waals surface area contributed by atoms with Crippen LogP contribution in [0.1, 0.15) is 26.6 Å². The van der Waals surface area contributed by atoms with Gasteiger partial charge in [0.1, 0.15) is 0 Å². The summed E-state index contributed by atoms with van der Waals surface area (Å²) in [5.74, 6) is -8.84. The molecular weight excluding hydrogens is 519 g/mol. The van der Waals surface area contributed by atoms with E-state index in [9.17, 15) is 22.4 Å². The second-order valence-electron chi connectivity index (χ2n) is 7.77. The largest absolute Gasteiger partial charge is 0.286 e. The van der Waals surface area contributed by atoms with Crippen LogP contribution < -0.4 is 5.43 Å². The van der Waals surface area contributed by atoms with Gasteiger partial charge in [-0.3, -0.25) is 10.2 Å². The van der Waals surface area contributed by atoms with Gasteiger partial charge in [0.15, 0.2) is 5.69 Å². The second-order valence-corrected chi connectivity index (χ2v) is 9.05. The fraction of sp³-hybridized carbons (Fsp3) is 0.273. The molecule has 1 saturated heterocycles. The molecule has 1 N–H and O–H groups in total. The summed E-state index contributed by atoms with van der Waals surface area (Å²) < 4.78 is 80.9. The maximum atomic E-state index is 13.9. The number of hydrazine groups is 1. The number of nitrogens with zero attached hydrogens (tertiary/aromatic N) is 3. The van der Waals surface area contributed by atoms with Crippen LogP contribution in [0.3, 0.4) is 0 Å². The normalized spacial score (nSPS) is 19.2. The van der Waals surface area contributed by atoms with Crippen molar-refractivity contribution >= 4 is 40.7 Å². The summed E-state index contributed by atoms with van der Waals surface area (Å²) in [6.45, 7) is -5.33. The minimum Gasteiger partial charge on any atom is -0.283 e. The molecular formula is C22H17Cl3F4N4O. The summed E-state index contributed by atoms with van der Waals surface area (Å²) in [5.41, 5.74) is 1.10. The van der Waals surface area contributed by atoms with Crippen molar-refractivity contribution in [3.63, 3.8) is 0 Å². The van der Waals surface area contributed by atoms with Crippen LogP contribution in [-0.2, 0) is 0 Å². The van der Waals surface area contributed by atoms with Crippen LogP contribution >= 0.6 is 34.8 Å². The van der Waals surface area contributed by atoms with Gasteiger partial charge in [0, 0.05) is 25.3 Å². The van der Waals surface area contributed by atoms with Crippen molar-refractivity contribution in [2.45, 2.75) is 25.1 Å². The van der Waals surface area contributed by atoms with Gasteiger partial charge in [0.05, 0.1) is 35.9 Å². The average Bonchev–Trinajstić information content (AvgIpc) is 3.13. The van der Waals surface area contributed by atoms with E-state index >= 15 is 0 Å². The molecule has 1 fully saturated rings. The number of hydrogen-bond donors (Lipinski definition) is 1.